The Hall–Kier alpha value is -2.55. The zero-order valence-corrected chi connectivity index (χ0v) is 24.3. The number of rotatable bonds is 8. The number of likely N-dealkylation sites (tertiary alicyclic amines) is 1. The zero-order chi connectivity index (χ0) is 28.2. The SMILES string of the molecule is Cc1c(O)cccc1C(=O)N[C@@H](CSc1ccccc1)[C@H](O)N1C[C@H]2CCCC[C@H]2C[C@H]1C(=O)NC(C)(C)C. The van der Waals surface area contributed by atoms with Gasteiger partial charge in [0.2, 0.25) is 5.91 Å². The zero-order valence-electron chi connectivity index (χ0n) is 23.5. The molecule has 2 aromatic rings. The van der Waals surface area contributed by atoms with Crippen molar-refractivity contribution in [3.05, 3.63) is 59.7 Å². The van der Waals surface area contributed by atoms with Crippen molar-refractivity contribution in [3.8, 4) is 5.75 Å². The first kappa shape index (κ1) is 29.4. The van der Waals surface area contributed by atoms with E-state index in [-0.39, 0.29) is 23.1 Å². The third-order valence-corrected chi connectivity index (χ3v) is 9.11. The number of piperidine rings is 1. The number of amides is 2. The van der Waals surface area contributed by atoms with E-state index in [1.807, 2.05) is 56.0 Å². The molecule has 1 saturated heterocycles. The van der Waals surface area contributed by atoms with E-state index in [4.69, 9.17) is 0 Å². The summed E-state index contributed by atoms with van der Waals surface area (Å²) in [5, 5.41) is 28.3. The van der Waals surface area contributed by atoms with Crippen LogP contribution in [0.5, 0.6) is 5.75 Å². The molecule has 2 aliphatic rings. The molecule has 1 heterocycles. The fourth-order valence-electron chi connectivity index (χ4n) is 5.91. The molecule has 1 aliphatic carbocycles. The van der Waals surface area contributed by atoms with Gasteiger partial charge in [0.05, 0.1) is 12.1 Å². The molecular formula is C31H43N3O4S. The second-order valence-electron chi connectivity index (χ2n) is 12.1. The van der Waals surface area contributed by atoms with Crippen LogP contribution in [0.1, 0.15) is 68.8 Å². The van der Waals surface area contributed by atoms with Crippen molar-refractivity contribution < 1.29 is 19.8 Å². The highest BCUT2D eigenvalue weighted by Crippen LogP contribution is 2.40. The third-order valence-electron chi connectivity index (χ3n) is 7.98. The molecule has 0 aromatic heterocycles. The molecule has 2 amide bonds. The van der Waals surface area contributed by atoms with Crippen molar-refractivity contribution >= 4 is 23.6 Å². The van der Waals surface area contributed by atoms with Gasteiger partial charge in [0.25, 0.3) is 5.91 Å². The van der Waals surface area contributed by atoms with Crippen molar-refractivity contribution in [2.24, 2.45) is 11.8 Å². The number of phenols is 1. The number of phenolic OH excluding ortho intramolecular Hbond substituents is 1. The van der Waals surface area contributed by atoms with E-state index in [0.29, 0.717) is 41.7 Å². The summed E-state index contributed by atoms with van der Waals surface area (Å²) in [6.07, 6.45) is 4.23. The first-order valence-corrected chi connectivity index (χ1v) is 15.0. The molecule has 7 nitrogen and oxygen atoms in total. The lowest BCUT2D eigenvalue weighted by atomic mass is 9.72. The minimum absolute atomic E-state index is 0.0525. The Kier molecular flexibility index (Phi) is 9.62. The molecule has 1 aliphatic heterocycles. The Morgan fingerprint density at radius 1 is 1.05 bits per heavy atom. The fraction of sp³-hybridized carbons (Fsp3) is 0.548. The largest absolute Gasteiger partial charge is 0.508 e. The quantitative estimate of drug-likeness (QED) is 0.354. The van der Waals surface area contributed by atoms with Crippen molar-refractivity contribution in [2.75, 3.05) is 12.3 Å². The number of carbonyl (C=O) groups excluding carboxylic acids is 2. The van der Waals surface area contributed by atoms with Gasteiger partial charge in [-0.1, -0.05) is 43.5 Å². The molecule has 2 aromatic carbocycles. The number of hydrogen-bond donors (Lipinski definition) is 4. The van der Waals surface area contributed by atoms with Gasteiger partial charge >= 0.3 is 0 Å². The summed E-state index contributed by atoms with van der Waals surface area (Å²) in [5.41, 5.74) is 0.468. The molecule has 0 unspecified atom stereocenters. The Morgan fingerprint density at radius 2 is 1.74 bits per heavy atom. The lowest BCUT2D eigenvalue weighted by molar-refractivity contribution is -0.142. The second kappa shape index (κ2) is 12.7. The van der Waals surface area contributed by atoms with Crippen LogP contribution < -0.4 is 10.6 Å². The van der Waals surface area contributed by atoms with Gasteiger partial charge in [0.15, 0.2) is 0 Å². The van der Waals surface area contributed by atoms with Gasteiger partial charge < -0.3 is 20.8 Å². The summed E-state index contributed by atoms with van der Waals surface area (Å²) in [6, 6.07) is 13.6. The number of hydrogen-bond acceptors (Lipinski definition) is 6. The van der Waals surface area contributed by atoms with E-state index in [1.165, 1.54) is 12.8 Å². The summed E-state index contributed by atoms with van der Waals surface area (Å²) in [4.78, 5) is 29.9. The van der Waals surface area contributed by atoms with E-state index >= 15 is 0 Å². The van der Waals surface area contributed by atoms with E-state index < -0.39 is 18.3 Å². The van der Waals surface area contributed by atoms with Gasteiger partial charge in [0.1, 0.15) is 12.0 Å². The van der Waals surface area contributed by atoms with Gasteiger partial charge in [-0.25, -0.2) is 0 Å². The predicted molar refractivity (Wildman–Crippen MR) is 156 cm³/mol. The van der Waals surface area contributed by atoms with Crippen molar-refractivity contribution in [2.45, 2.75) is 88.5 Å². The van der Waals surface area contributed by atoms with E-state index in [0.717, 1.165) is 17.7 Å². The lowest BCUT2D eigenvalue weighted by Gasteiger charge is -2.48. The first-order chi connectivity index (χ1) is 18.5. The minimum atomic E-state index is -1.05. The Balaban J connectivity index is 1.61. The highest BCUT2D eigenvalue weighted by atomic mass is 32.2. The normalized spacial score (nSPS) is 23.4. The molecule has 39 heavy (non-hydrogen) atoms. The maximum Gasteiger partial charge on any atom is 0.252 e. The van der Waals surface area contributed by atoms with Crippen LogP contribution in [-0.4, -0.2) is 63.1 Å². The number of fused-ring (bicyclic) bond motifs is 1. The molecule has 0 radical (unpaired) electrons. The summed E-state index contributed by atoms with van der Waals surface area (Å²) < 4.78 is 0. The van der Waals surface area contributed by atoms with Gasteiger partial charge in [-0.2, -0.15) is 0 Å². The molecule has 4 N–H and O–H groups in total. The predicted octanol–water partition coefficient (Wildman–Crippen LogP) is 4.71. The number of nitrogens with one attached hydrogen (secondary N) is 2. The van der Waals surface area contributed by atoms with Gasteiger partial charge in [0, 0.05) is 33.9 Å². The standard InChI is InChI=1S/C31H43N3O4S/c1-20-24(15-10-16-27(20)35)28(36)32-25(19-39-23-13-6-5-7-14-23)30(38)34-18-22-12-9-8-11-21(22)17-26(34)29(37)33-31(2,3)4/h5-7,10,13-16,21-22,25-26,30,35,38H,8-9,11-12,17-19H2,1-4H3,(H,32,36)(H,33,37)/t21-,22+,25-,26-,30-/m0/s1. The number of aliphatic hydroxyl groups excluding tert-OH is 1. The summed E-state index contributed by atoms with van der Waals surface area (Å²) in [7, 11) is 0. The van der Waals surface area contributed by atoms with Gasteiger partial charge in [-0.15, -0.1) is 11.8 Å². The molecule has 212 valence electrons. The van der Waals surface area contributed by atoms with Crippen LogP contribution in [0.3, 0.4) is 0 Å². The van der Waals surface area contributed by atoms with Crippen LogP contribution in [0.25, 0.3) is 0 Å². The smallest absolute Gasteiger partial charge is 0.252 e. The molecule has 8 heteroatoms. The topological polar surface area (TPSA) is 102 Å². The average Bonchev–Trinajstić information content (AvgIpc) is 2.91. The highest BCUT2D eigenvalue weighted by molar-refractivity contribution is 7.99. The van der Waals surface area contributed by atoms with Crippen LogP contribution in [0.4, 0.5) is 0 Å². The van der Waals surface area contributed by atoms with Crippen LogP contribution in [0.2, 0.25) is 0 Å². The Bertz CT molecular complexity index is 1140. The average molecular weight is 554 g/mol. The van der Waals surface area contributed by atoms with Crippen molar-refractivity contribution in [3.63, 3.8) is 0 Å². The van der Waals surface area contributed by atoms with Crippen LogP contribution in [-0.2, 0) is 4.79 Å². The van der Waals surface area contributed by atoms with E-state index in [1.54, 1.807) is 36.9 Å². The molecule has 5 atom stereocenters. The van der Waals surface area contributed by atoms with Crippen LogP contribution in [0, 0.1) is 18.8 Å². The monoisotopic (exact) mass is 553 g/mol. The van der Waals surface area contributed by atoms with Crippen molar-refractivity contribution in [1.82, 2.24) is 15.5 Å². The van der Waals surface area contributed by atoms with Gasteiger partial charge in [-0.05, 0) is 76.6 Å². The molecule has 2 fully saturated rings. The number of carbonyl (C=O) groups is 2. The van der Waals surface area contributed by atoms with E-state index in [9.17, 15) is 19.8 Å². The number of benzene rings is 2. The summed E-state index contributed by atoms with van der Waals surface area (Å²) in [5.74, 6) is 0.946. The Morgan fingerprint density at radius 3 is 2.44 bits per heavy atom. The van der Waals surface area contributed by atoms with Crippen molar-refractivity contribution in [1.29, 1.82) is 0 Å². The molecule has 0 bridgehead atoms. The summed E-state index contributed by atoms with van der Waals surface area (Å²) in [6.45, 7) is 8.23. The van der Waals surface area contributed by atoms with Crippen LogP contribution in [0.15, 0.2) is 53.4 Å². The molecule has 4 rings (SSSR count). The first-order valence-electron chi connectivity index (χ1n) is 14.1. The molecule has 1 saturated carbocycles. The molecule has 0 spiro atoms. The number of aliphatic hydroxyl groups is 1. The Labute approximate surface area is 236 Å². The molecular weight excluding hydrogens is 510 g/mol. The number of aromatic hydroxyl groups is 1. The fourth-order valence-corrected chi connectivity index (χ4v) is 6.89. The summed E-state index contributed by atoms with van der Waals surface area (Å²) >= 11 is 1.56. The maximum absolute atomic E-state index is 13.5. The van der Waals surface area contributed by atoms with E-state index in [2.05, 4.69) is 10.6 Å². The minimum Gasteiger partial charge on any atom is -0.508 e. The number of thioether (sulfide) groups is 1. The highest BCUT2D eigenvalue weighted by Gasteiger charge is 2.44. The lowest BCUT2D eigenvalue weighted by Crippen LogP contribution is -2.64. The maximum atomic E-state index is 13.5. The number of nitrogens with zero attached hydrogens (tertiary/aromatic N) is 1. The van der Waals surface area contributed by atoms with Gasteiger partial charge in [-0.3, -0.25) is 14.5 Å². The second-order valence-corrected chi connectivity index (χ2v) is 13.2. The third kappa shape index (κ3) is 7.56. The van der Waals surface area contributed by atoms with Crippen LogP contribution >= 0.6 is 11.8 Å².